The van der Waals surface area contributed by atoms with E-state index in [1.807, 2.05) is 6.07 Å². The van der Waals surface area contributed by atoms with Crippen molar-refractivity contribution in [3.05, 3.63) is 23.8 Å². The van der Waals surface area contributed by atoms with Crippen molar-refractivity contribution in [1.82, 2.24) is 0 Å². The van der Waals surface area contributed by atoms with Crippen LogP contribution in [0.1, 0.15) is 23.7 Å². The molecule has 1 aliphatic rings. The minimum Gasteiger partial charge on any atom is -0.462 e. The summed E-state index contributed by atoms with van der Waals surface area (Å²) in [7, 11) is 1.72. The molecule has 1 aromatic carbocycles. The van der Waals surface area contributed by atoms with Crippen LogP contribution in [0, 0.1) is 5.92 Å². The van der Waals surface area contributed by atoms with Crippen molar-refractivity contribution in [3.63, 3.8) is 0 Å². The third-order valence-corrected chi connectivity index (χ3v) is 3.57. The summed E-state index contributed by atoms with van der Waals surface area (Å²) in [6.07, 6.45) is 1.08. The van der Waals surface area contributed by atoms with E-state index in [1.165, 1.54) is 0 Å². The maximum atomic E-state index is 11.8. The number of ether oxygens (including phenoxy) is 2. The molecule has 5 heteroatoms. The van der Waals surface area contributed by atoms with Gasteiger partial charge in [-0.3, -0.25) is 0 Å². The highest BCUT2D eigenvalue weighted by Gasteiger charge is 2.24. The monoisotopic (exact) mass is 278 g/mol. The third kappa shape index (κ3) is 3.22. The highest BCUT2D eigenvalue weighted by atomic mass is 16.5. The molecular weight excluding hydrogens is 256 g/mol. The normalized spacial score (nSPS) is 18.3. The Labute approximate surface area is 119 Å². The molecule has 0 saturated carbocycles. The lowest BCUT2D eigenvalue weighted by Crippen LogP contribution is -2.22. The summed E-state index contributed by atoms with van der Waals surface area (Å²) in [5, 5.41) is 0. The molecule has 2 N–H and O–H groups in total. The van der Waals surface area contributed by atoms with E-state index in [0.29, 0.717) is 23.8 Å². The lowest BCUT2D eigenvalue weighted by molar-refractivity contribution is 0.0526. The predicted molar refractivity (Wildman–Crippen MR) is 79.0 cm³/mol. The van der Waals surface area contributed by atoms with Gasteiger partial charge in [-0.05, 0) is 31.5 Å². The number of benzene rings is 1. The van der Waals surface area contributed by atoms with E-state index < -0.39 is 0 Å². The first-order valence-corrected chi connectivity index (χ1v) is 6.96. The second-order valence-corrected chi connectivity index (χ2v) is 5.05. The van der Waals surface area contributed by atoms with Crippen LogP contribution >= 0.6 is 0 Å². The Morgan fingerprint density at radius 3 is 3.00 bits per heavy atom. The lowest BCUT2D eigenvalue weighted by Gasteiger charge is -2.21. The number of esters is 1. The Morgan fingerprint density at radius 2 is 2.30 bits per heavy atom. The van der Waals surface area contributed by atoms with E-state index in [0.717, 1.165) is 31.8 Å². The van der Waals surface area contributed by atoms with Crippen LogP contribution in [0.25, 0.3) is 0 Å². The minimum absolute atomic E-state index is 0.304. The number of nitrogens with two attached hydrogens (primary N) is 1. The summed E-state index contributed by atoms with van der Waals surface area (Å²) in [4.78, 5) is 14.0. The van der Waals surface area contributed by atoms with Gasteiger partial charge in [-0.2, -0.15) is 0 Å². The van der Waals surface area contributed by atoms with Crippen LogP contribution in [0.4, 0.5) is 11.4 Å². The molecule has 0 aromatic heterocycles. The van der Waals surface area contributed by atoms with Crippen molar-refractivity contribution in [2.45, 2.75) is 13.3 Å². The first-order chi connectivity index (χ1) is 9.65. The number of hydrogen-bond acceptors (Lipinski definition) is 5. The third-order valence-electron chi connectivity index (χ3n) is 3.57. The summed E-state index contributed by atoms with van der Waals surface area (Å²) >= 11 is 0. The van der Waals surface area contributed by atoms with Gasteiger partial charge in [0.15, 0.2) is 0 Å². The van der Waals surface area contributed by atoms with Crippen LogP contribution in [0.15, 0.2) is 18.2 Å². The van der Waals surface area contributed by atoms with E-state index >= 15 is 0 Å². The Bertz CT molecular complexity index is 476. The zero-order valence-electron chi connectivity index (χ0n) is 12.1. The number of rotatable bonds is 5. The van der Waals surface area contributed by atoms with E-state index in [4.69, 9.17) is 15.2 Å². The van der Waals surface area contributed by atoms with Crippen LogP contribution in [0.5, 0.6) is 0 Å². The quantitative estimate of drug-likeness (QED) is 0.658. The maximum absolute atomic E-state index is 11.8. The molecule has 1 aromatic rings. The first-order valence-electron chi connectivity index (χ1n) is 6.96. The molecular formula is C15H22N2O3. The number of nitrogen functional groups attached to an aromatic ring is 1. The molecule has 2 rings (SSSR count). The first kappa shape index (κ1) is 14.7. The fourth-order valence-corrected chi connectivity index (χ4v) is 2.58. The molecule has 1 saturated heterocycles. The topological polar surface area (TPSA) is 64.8 Å². The van der Waals surface area contributed by atoms with Gasteiger partial charge in [-0.25, -0.2) is 4.79 Å². The van der Waals surface area contributed by atoms with Crippen molar-refractivity contribution in [2.75, 3.05) is 44.0 Å². The molecule has 0 amide bonds. The molecule has 1 unspecified atom stereocenters. The Balaban J connectivity index is 2.15. The van der Waals surface area contributed by atoms with E-state index in [9.17, 15) is 4.79 Å². The van der Waals surface area contributed by atoms with Gasteiger partial charge in [0.25, 0.3) is 0 Å². The molecule has 1 heterocycles. The number of carbonyl (C=O) groups excluding carboxylic acids is 1. The number of methoxy groups -OCH3 is 1. The largest absolute Gasteiger partial charge is 0.462 e. The molecule has 1 aliphatic heterocycles. The average molecular weight is 278 g/mol. The fourth-order valence-electron chi connectivity index (χ4n) is 2.58. The number of anilines is 2. The lowest BCUT2D eigenvalue weighted by atomic mass is 10.1. The van der Waals surface area contributed by atoms with Gasteiger partial charge in [0.1, 0.15) is 0 Å². The summed E-state index contributed by atoms with van der Waals surface area (Å²) in [6, 6.07) is 5.30. The van der Waals surface area contributed by atoms with Crippen molar-refractivity contribution in [3.8, 4) is 0 Å². The second-order valence-electron chi connectivity index (χ2n) is 5.05. The van der Waals surface area contributed by atoms with Gasteiger partial charge >= 0.3 is 5.97 Å². The Kier molecular flexibility index (Phi) is 4.84. The van der Waals surface area contributed by atoms with Gasteiger partial charge in [0.05, 0.1) is 30.2 Å². The maximum Gasteiger partial charge on any atom is 0.338 e. The molecule has 0 aliphatic carbocycles. The van der Waals surface area contributed by atoms with Crippen molar-refractivity contribution < 1.29 is 14.3 Å². The minimum atomic E-state index is -0.304. The standard InChI is InChI=1S/C15H22N2O3/c1-3-20-15(18)12-4-5-13(16)14(8-12)17-7-6-11(9-17)10-19-2/h4-5,8,11H,3,6-7,9-10,16H2,1-2H3. The molecule has 20 heavy (non-hydrogen) atoms. The second kappa shape index (κ2) is 6.61. The van der Waals surface area contributed by atoms with Crippen molar-refractivity contribution in [1.29, 1.82) is 0 Å². The molecule has 1 atom stereocenters. The van der Waals surface area contributed by atoms with Gasteiger partial charge in [-0.1, -0.05) is 0 Å². The molecule has 0 radical (unpaired) electrons. The fraction of sp³-hybridized carbons (Fsp3) is 0.533. The molecule has 0 spiro atoms. The van der Waals surface area contributed by atoms with Crippen LogP contribution in [0.3, 0.4) is 0 Å². The van der Waals surface area contributed by atoms with Crippen LogP contribution in [0.2, 0.25) is 0 Å². The predicted octanol–water partition coefficient (Wildman–Crippen LogP) is 1.92. The van der Waals surface area contributed by atoms with Crippen LogP contribution in [-0.2, 0) is 9.47 Å². The molecule has 110 valence electrons. The molecule has 5 nitrogen and oxygen atoms in total. The average Bonchev–Trinajstić information content (AvgIpc) is 2.88. The van der Waals surface area contributed by atoms with Gasteiger partial charge < -0.3 is 20.1 Å². The number of nitrogens with zero attached hydrogens (tertiary/aromatic N) is 1. The van der Waals surface area contributed by atoms with E-state index in [1.54, 1.807) is 26.2 Å². The summed E-state index contributed by atoms with van der Waals surface area (Å²) in [5.74, 6) is 0.215. The number of hydrogen-bond donors (Lipinski definition) is 1. The zero-order valence-corrected chi connectivity index (χ0v) is 12.1. The molecule has 1 fully saturated rings. The zero-order chi connectivity index (χ0) is 14.5. The highest BCUT2D eigenvalue weighted by Crippen LogP contribution is 2.30. The Morgan fingerprint density at radius 1 is 1.50 bits per heavy atom. The van der Waals surface area contributed by atoms with Gasteiger partial charge in [-0.15, -0.1) is 0 Å². The van der Waals surface area contributed by atoms with Gasteiger partial charge in [0.2, 0.25) is 0 Å². The summed E-state index contributed by atoms with van der Waals surface area (Å²) < 4.78 is 10.2. The molecule has 0 bridgehead atoms. The smallest absolute Gasteiger partial charge is 0.338 e. The van der Waals surface area contributed by atoms with Crippen molar-refractivity contribution >= 4 is 17.3 Å². The SMILES string of the molecule is CCOC(=O)c1ccc(N)c(N2CCC(COC)C2)c1. The van der Waals surface area contributed by atoms with Crippen molar-refractivity contribution in [2.24, 2.45) is 5.92 Å². The highest BCUT2D eigenvalue weighted by molar-refractivity contribution is 5.92. The van der Waals surface area contributed by atoms with E-state index in [-0.39, 0.29) is 5.97 Å². The van der Waals surface area contributed by atoms with Gasteiger partial charge in [0, 0.05) is 26.1 Å². The summed E-state index contributed by atoms with van der Waals surface area (Å²) in [5.41, 5.74) is 8.19. The van der Waals surface area contributed by atoms with E-state index in [2.05, 4.69) is 4.90 Å². The Hall–Kier alpha value is -1.75. The van der Waals surface area contributed by atoms with Crippen LogP contribution in [-0.4, -0.2) is 39.4 Å². The van der Waals surface area contributed by atoms with Crippen LogP contribution < -0.4 is 10.6 Å². The number of carbonyl (C=O) groups is 1. The summed E-state index contributed by atoms with van der Waals surface area (Å²) in [6.45, 7) is 4.77.